The molecule has 1 aromatic carbocycles. The van der Waals surface area contributed by atoms with Gasteiger partial charge in [0.25, 0.3) is 5.91 Å². The van der Waals surface area contributed by atoms with Crippen LogP contribution in [0.1, 0.15) is 30.1 Å². The van der Waals surface area contributed by atoms with Crippen LogP contribution in [0.15, 0.2) is 35.5 Å². The monoisotopic (exact) mass is 235 g/mol. The lowest BCUT2D eigenvalue weighted by Crippen LogP contribution is -2.44. The third-order valence-corrected chi connectivity index (χ3v) is 2.39. The molecule has 1 atom stereocenters. The Labute approximate surface area is 100 Å². The number of oxime groups is 1. The molecular formula is C12H17N3O2. The Morgan fingerprint density at radius 2 is 2.12 bits per heavy atom. The second-order valence-electron chi connectivity index (χ2n) is 3.71. The molecule has 1 amide bonds. The first-order chi connectivity index (χ1) is 8.19. The minimum absolute atomic E-state index is 0.0242. The summed E-state index contributed by atoms with van der Waals surface area (Å²) in [6.45, 7) is 1.96. The van der Waals surface area contributed by atoms with E-state index in [2.05, 4.69) is 10.5 Å². The largest absolute Gasteiger partial charge is 0.409 e. The molecule has 5 nitrogen and oxygen atoms in total. The first-order valence-electron chi connectivity index (χ1n) is 5.52. The van der Waals surface area contributed by atoms with E-state index in [1.807, 2.05) is 13.0 Å². The summed E-state index contributed by atoms with van der Waals surface area (Å²) >= 11 is 0. The van der Waals surface area contributed by atoms with Gasteiger partial charge >= 0.3 is 0 Å². The molecule has 1 aromatic rings. The third-order valence-electron chi connectivity index (χ3n) is 2.39. The molecule has 0 spiro atoms. The molecule has 1 rings (SSSR count). The Morgan fingerprint density at radius 1 is 1.47 bits per heavy atom. The van der Waals surface area contributed by atoms with Gasteiger partial charge in [0.05, 0.1) is 6.04 Å². The van der Waals surface area contributed by atoms with E-state index in [1.165, 1.54) is 0 Å². The molecule has 4 N–H and O–H groups in total. The summed E-state index contributed by atoms with van der Waals surface area (Å²) < 4.78 is 0. The van der Waals surface area contributed by atoms with Crippen LogP contribution in [-0.4, -0.2) is 23.0 Å². The van der Waals surface area contributed by atoms with Crippen molar-refractivity contribution in [3.63, 3.8) is 0 Å². The Kier molecular flexibility index (Phi) is 5.00. The number of nitrogens with two attached hydrogens (primary N) is 1. The summed E-state index contributed by atoms with van der Waals surface area (Å²) in [6, 6.07) is 8.40. The molecular weight excluding hydrogens is 218 g/mol. The smallest absolute Gasteiger partial charge is 0.251 e. The summed E-state index contributed by atoms with van der Waals surface area (Å²) in [5, 5.41) is 14.3. The molecule has 0 fully saturated rings. The number of rotatable bonds is 5. The quantitative estimate of drug-likeness (QED) is 0.311. The molecule has 92 valence electrons. The lowest BCUT2D eigenvalue weighted by Gasteiger charge is -2.16. The predicted octanol–water partition coefficient (Wildman–Crippen LogP) is 1.33. The van der Waals surface area contributed by atoms with Gasteiger partial charge in [-0.25, -0.2) is 0 Å². The summed E-state index contributed by atoms with van der Waals surface area (Å²) in [6.07, 6.45) is 1.46. The molecule has 0 aliphatic rings. The third kappa shape index (κ3) is 3.79. The van der Waals surface area contributed by atoms with E-state index >= 15 is 0 Å². The molecule has 1 unspecified atom stereocenters. The summed E-state index contributed by atoms with van der Waals surface area (Å²) in [5.41, 5.74) is 6.07. The standard InChI is InChI=1S/C12H17N3O2/c1-2-6-10(11(13)15-17)14-12(16)9-7-4-3-5-8-9/h3-5,7-8,10,17H,2,6H2,1H3,(H2,13,15)(H,14,16). The summed E-state index contributed by atoms with van der Waals surface area (Å²) in [5.74, 6) is -0.202. The van der Waals surface area contributed by atoms with E-state index in [0.29, 0.717) is 12.0 Å². The van der Waals surface area contributed by atoms with Crippen LogP contribution in [0.2, 0.25) is 0 Å². The van der Waals surface area contributed by atoms with Crippen molar-refractivity contribution in [1.29, 1.82) is 0 Å². The Hall–Kier alpha value is -2.04. The Morgan fingerprint density at radius 3 is 2.65 bits per heavy atom. The molecule has 0 heterocycles. The highest BCUT2D eigenvalue weighted by Gasteiger charge is 2.16. The summed E-state index contributed by atoms with van der Waals surface area (Å²) in [7, 11) is 0. The van der Waals surface area contributed by atoms with Crippen molar-refractivity contribution in [2.45, 2.75) is 25.8 Å². The number of hydrogen-bond donors (Lipinski definition) is 3. The molecule has 17 heavy (non-hydrogen) atoms. The normalized spacial score (nSPS) is 13.1. The van der Waals surface area contributed by atoms with Crippen molar-refractivity contribution >= 4 is 11.7 Å². The first kappa shape index (κ1) is 13.0. The minimum Gasteiger partial charge on any atom is -0.409 e. The number of nitrogens with zero attached hydrogens (tertiary/aromatic N) is 1. The second kappa shape index (κ2) is 6.52. The van der Waals surface area contributed by atoms with E-state index in [-0.39, 0.29) is 11.7 Å². The molecule has 0 aliphatic heterocycles. The topological polar surface area (TPSA) is 87.7 Å². The first-order valence-corrected chi connectivity index (χ1v) is 5.52. The number of carbonyl (C=O) groups is 1. The van der Waals surface area contributed by atoms with Gasteiger partial charge in [-0.15, -0.1) is 0 Å². The van der Waals surface area contributed by atoms with Gasteiger partial charge in [0, 0.05) is 5.56 Å². The van der Waals surface area contributed by atoms with Crippen molar-refractivity contribution in [3.05, 3.63) is 35.9 Å². The van der Waals surface area contributed by atoms with Crippen molar-refractivity contribution < 1.29 is 10.0 Å². The molecule has 5 heteroatoms. The minimum atomic E-state index is -0.433. The predicted molar refractivity (Wildman–Crippen MR) is 66.0 cm³/mol. The maximum absolute atomic E-state index is 11.8. The van der Waals surface area contributed by atoms with Crippen LogP contribution in [0.5, 0.6) is 0 Å². The van der Waals surface area contributed by atoms with Crippen molar-refractivity contribution in [1.82, 2.24) is 5.32 Å². The van der Waals surface area contributed by atoms with Gasteiger partial charge in [-0.1, -0.05) is 36.7 Å². The molecule has 0 saturated carbocycles. The highest BCUT2D eigenvalue weighted by molar-refractivity contribution is 5.98. The Bertz CT molecular complexity index is 390. The van der Waals surface area contributed by atoms with Crippen LogP contribution in [0, 0.1) is 0 Å². The van der Waals surface area contributed by atoms with Crippen LogP contribution in [0.4, 0.5) is 0 Å². The van der Waals surface area contributed by atoms with Crippen LogP contribution in [0.25, 0.3) is 0 Å². The maximum atomic E-state index is 11.8. The van der Waals surface area contributed by atoms with Gasteiger partial charge < -0.3 is 16.3 Å². The fraction of sp³-hybridized carbons (Fsp3) is 0.333. The van der Waals surface area contributed by atoms with Gasteiger partial charge in [0.2, 0.25) is 0 Å². The highest BCUT2D eigenvalue weighted by atomic mass is 16.4. The van der Waals surface area contributed by atoms with E-state index in [1.54, 1.807) is 24.3 Å². The molecule has 0 bridgehead atoms. The number of amidine groups is 1. The zero-order valence-corrected chi connectivity index (χ0v) is 9.76. The van der Waals surface area contributed by atoms with Crippen molar-refractivity contribution in [2.75, 3.05) is 0 Å². The van der Waals surface area contributed by atoms with Gasteiger partial charge in [-0.2, -0.15) is 0 Å². The Balaban J connectivity index is 2.71. The number of nitrogens with one attached hydrogen (secondary N) is 1. The number of carbonyl (C=O) groups excluding carboxylic acids is 1. The SMILES string of the molecule is CCCC(NC(=O)c1ccccc1)/C(N)=N/O. The van der Waals surface area contributed by atoms with Gasteiger partial charge in [0.15, 0.2) is 5.84 Å². The van der Waals surface area contributed by atoms with E-state index in [0.717, 1.165) is 6.42 Å². The highest BCUT2D eigenvalue weighted by Crippen LogP contribution is 2.02. The van der Waals surface area contributed by atoms with Crippen LogP contribution < -0.4 is 11.1 Å². The fourth-order valence-corrected chi connectivity index (χ4v) is 1.48. The molecule has 0 radical (unpaired) electrons. The van der Waals surface area contributed by atoms with Gasteiger partial charge in [-0.05, 0) is 18.6 Å². The lowest BCUT2D eigenvalue weighted by atomic mass is 10.1. The van der Waals surface area contributed by atoms with Crippen LogP contribution >= 0.6 is 0 Å². The van der Waals surface area contributed by atoms with E-state index in [9.17, 15) is 4.79 Å². The van der Waals surface area contributed by atoms with Crippen molar-refractivity contribution in [3.8, 4) is 0 Å². The van der Waals surface area contributed by atoms with E-state index in [4.69, 9.17) is 10.9 Å². The molecule has 0 aliphatic carbocycles. The molecule has 0 aromatic heterocycles. The maximum Gasteiger partial charge on any atom is 0.251 e. The lowest BCUT2D eigenvalue weighted by molar-refractivity contribution is 0.0945. The summed E-state index contributed by atoms with van der Waals surface area (Å²) in [4.78, 5) is 11.8. The second-order valence-corrected chi connectivity index (χ2v) is 3.71. The van der Waals surface area contributed by atoms with Gasteiger partial charge in [-0.3, -0.25) is 4.79 Å². The average molecular weight is 235 g/mol. The average Bonchev–Trinajstić information content (AvgIpc) is 2.38. The zero-order valence-electron chi connectivity index (χ0n) is 9.76. The van der Waals surface area contributed by atoms with Crippen LogP contribution in [-0.2, 0) is 0 Å². The number of hydrogen-bond acceptors (Lipinski definition) is 3. The zero-order chi connectivity index (χ0) is 12.7. The number of amides is 1. The van der Waals surface area contributed by atoms with E-state index < -0.39 is 6.04 Å². The fourth-order valence-electron chi connectivity index (χ4n) is 1.48. The van der Waals surface area contributed by atoms with Crippen LogP contribution in [0.3, 0.4) is 0 Å². The number of benzene rings is 1. The van der Waals surface area contributed by atoms with Gasteiger partial charge in [0.1, 0.15) is 0 Å². The van der Waals surface area contributed by atoms with Crippen molar-refractivity contribution in [2.24, 2.45) is 10.9 Å². The molecule has 0 saturated heterocycles.